The van der Waals surface area contributed by atoms with Crippen molar-refractivity contribution in [1.29, 1.82) is 0 Å². The van der Waals surface area contributed by atoms with E-state index in [1.807, 2.05) is 18.2 Å². The molecule has 3 aromatic rings. The molecule has 0 bridgehead atoms. The van der Waals surface area contributed by atoms with E-state index in [0.29, 0.717) is 22.6 Å². The van der Waals surface area contributed by atoms with E-state index in [1.165, 1.54) is 4.90 Å². The lowest BCUT2D eigenvalue weighted by Crippen LogP contribution is -2.41. The Bertz CT molecular complexity index is 1200. The molecule has 2 aromatic carbocycles. The predicted molar refractivity (Wildman–Crippen MR) is 117 cm³/mol. The number of hydrogen-bond acceptors (Lipinski definition) is 5. The smallest absolute Gasteiger partial charge is 0.325 e. The third-order valence-electron chi connectivity index (χ3n) is 5.32. The topological polar surface area (TPSA) is 112 Å². The number of urea groups is 1. The average molecular weight is 434 g/mol. The van der Waals surface area contributed by atoms with Gasteiger partial charge in [0.2, 0.25) is 5.91 Å². The van der Waals surface area contributed by atoms with E-state index in [-0.39, 0.29) is 5.91 Å². The van der Waals surface area contributed by atoms with E-state index in [0.717, 1.165) is 10.3 Å². The van der Waals surface area contributed by atoms with Crippen molar-refractivity contribution in [3.8, 4) is 0 Å². The molecule has 1 aliphatic heterocycles. The van der Waals surface area contributed by atoms with E-state index in [9.17, 15) is 19.2 Å². The highest BCUT2D eigenvalue weighted by molar-refractivity contribution is 6.10. The summed E-state index contributed by atoms with van der Waals surface area (Å²) >= 11 is 0. The minimum Gasteiger partial charge on any atom is -0.458 e. The molecule has 1 atom stereocenters. The SMILES string of the molecule is CN(C)C(=O)c1ccc(NC(=O)CN2C(=O)N[C@](C)(c3cc4ccccc4o3)C2=O)cc1. The van der Waals surface area contributed by atoms with Crippen LogP contribution in [0.15, 0.2) is 59.0 Å². The van der Waals surface area contributed by atoms with E-state index in [1.54, 1.807) is 57.4 Å². The van der Waals surface area contributed by atoms with Crippen LogP contribution in [0, 0.1) is 0 Å². The van der Waals surface area contributed by atoms with Crippen LogP contribution >= 0.6 is 0 Å². The van der Waals surface area contributed by atoms with Gasteiger partial charge in [-0.3, -0.25) is 19.3 Å². The van der Waals surface area contributed by atoms with Crippen LogP contribution in [0.4, 0.5) is 10.5 Å². The van der Waals surface area contributed by atoms with Gasteiger partial charge in [-0.2, -0.15) is 0 Å². The summed E-state index contributed by atoms with van der Waals surface area (Å²) in [6, 6.07) is 14.6. The zero-order chi connectivity index (χ0) is 23.0. The van der Waals surface area contributed by atoms with Crippen molar-refractivity contribution < 1.29 is 23.6 Å². The lowest BCUT2D eigenvalue weighted by molar-refractivity contribution is -0.134. The summed E-state index contributed by atoms with van der Waals surface area (Å²) in [6.45, 7) is 1.09. The Morgan fingerprint density at radius 1 is 1.09 bits per heavy atom. The number of hydrogen-bond donors (Lipinski definition) is 2. The number of furan rings is 1. The molecule has 32 heavy (non-hydrogen) atoms. The summed E-state index contributed by atoms with van der Waals surface area (Å²) in [6.07, 6.45) is 0. The molecule has 2 heterocycles. The summed E-state index contributed by atoms with van der Waals surface area (Å²) < 4.78 is 5.78. The van der Waals surface area contributed by atoms with Gasteiger partial charge in [0.25, 0.3) is 11.8 Å². The van der Waals surface area contributed by atoms with Gasteiger partial charge in [-0.15, -0.1) is 0 Å². The quantitative estimate of drug-likeness (QED) is 0.600. The number of fused-ring (bicyclic) bond motifs is 1. The van der Waals surface area contributed by atoms with Crippen LogP contribution < -0.4 is 10.6 Å². The first-order chi connectivity index (χ1) is 15.2. The van der Waals surface area contributed by atoms with Gasteiger partial charge in [-0.25, -0.2) is 4.79 Å². The highest BCUT2D eigenvalue weighted by Gasteiger charge is 2.51. The number of benzene rings is 2. The zero-order valence-corrected chi connectivity index (χ0v) is 17.8. The highest BCUT2D eigenvalue weighted by atomic mass is 16.3. The number of imide groups is 1. The van der Waals surface area contributed by atoms with Gasteiger partial charge >= 0.3 is 6.03 Å². The fraction of sp³-hybridized carbons (Fsp3) is 0.217. The second-order valence-electron chi connectivity index (χ2n) is 7.92. The fourth-order valence-electron chi connectivity index (χ4n) is 3.53. The lowest BCUT2D eigenvalue weighted by atomic mass is 9.99. The first-order valence-electron chi connectivity index (χ1n) is 9.94. The van der Waals surface area contributed by atoms with Gasteiger partial charge in [0.05, 0.1) is 0 Å². The molecule has 4 rings (SSSR count). The molecule has 9 nitrogen and oxygen atoms in total. The number of carbonyl (C=O) groups excluding carboxylic acids is 4. The maximum Gasteiger partial charge on any atom is 0.325 e. The number of carbonyl (C=O) groups is 4. The van der Waals surface area contributed by atoms with E-state index in [4.69, 9.17) is 4.42 Å². The Labute approximate surface area is 184 Å². The Balaban J connectivity index is 1.46. The normalized spacial score (nSPS) is 18.0. The van der Waals surface area contributed by atoms with Crippen molar-refractivity contribution in [3.05, 3.63) is 65.9 Å². The molecule has 1 aromatic heterocycles. The Kier molecular flexibility index (Phi) is 5.17. The van der Waals surface area contributed by atoms with Gasteiger partial charge in [-0.05, 0) is 43.3 Å². The maximum atomic E-state index is 13.0. The maximum absolute atomic E-state index is 13.0. The number of anilines is 1. The van der Waals surface area contributed by atoms with Crippen LogP contribution in [-0.2, 0) is 15.1 Å². The van der Waals surface area contributed by atoms with Crippen molar-refractivity contribution in [1.82, 2.24) is 15.1 Å². The molecule has 9 heteroatoms. The van der Waals surface area contributed by atoms with Gasteiger partial charge in [0, 0.05) is 30.7 Å². The first kappa shape index (κ1) is 21.1. The summed E-state index contributed by atoms with van der Waals surface area (Å²) in [5.74, 6) is -0.995. The third-order valence-corrected chi connectivity index (χ3v) is 5.32. The standard InChI is InChI=1S/C23H22N4O5/c1-23(18-12-15-6-4-5-7-17(15)32-18)21(30)27(22(31)25-23)13-19(28)24-16-10-8-14(9-11-16)20(29)26(2)3/h4-12H,13H2,1-3H3,(H,24,28)(H,25,31)/t23-/m1/s1. The minimum atomic E-state index is -1.41. The van der Waals surface area contributed by atoms with Crippen molar-refractivity contribution >= 4 is 40.4 Å². The minimum absolute atomic E-state index is 0.160. The molecule has 1 saturated heterocycles. The van der Waals surface area contributed by atoms with Gasteiger partial charge in [0.15, 0.2) is 5.54 Å². The number of amides is 5. The molecular formula is C23H22N4O5. The second-order valence-corrected chi connectivity index (χ2v) is 7.92. The molecule has 0 spiro atoms. The van der Waals surface area contributed by atoms with E-state index < -0.39 is 29.9 Å². The summed E-state index contributed by atoms with van der Waals surface area (Å²) in [5.41, 5.74) is 0.101. The van der Waals surface area contributed by atoms with Crippen molar-refractivity contribution in [3.63, 3.8) is 0 Å². The molecule has 0 saturated carbocycles. The number of nitrogens with zero attached hydrogens (tertiary/aromatic N) is 2. The van der Waals surface area contributed by atoms with Crippen molar-refractivity contribution in [2.45, 2.75) is 12.5 Å². The second kappa shape index (κ2) is 7.84. The van der Waals surface area contributed by atoms with Crippen LogP contribution in [-0.4, -0.2) is 54.2 Å². The predicted octanol–water partition coefficient (Wildman–Crippen LogP) is 2.54. The molecule has 164 valence electrons. The summed E-state index contributed by atoms with van der Waals surface area (Å²) in [5, 5.41) is 6.07. The molecule has 0 aliphatic carbocycles. The highest BCUT2D eigenvalue weighted by Crippen LogP contribution is 2.33. The van der Waals surface area contributed by atoms with Crippen LogP contribution in [0.25, 0.3) is 11.0 Å². The van der Waals surface area contributed by atoms with Gasteiger partial charge < -0.3 is 20.0 Å². The van der Waals surface area contributed by atoms with Gasteiger partial charge in [0.1, 0.15) is 17.9 Å². The number of rotatable bonds is 5. The van der Waals surface area contributed by atoms with Crippen LogP contribution in [0.2, 0.25) is 0 Å². The molecule has 5 amide bonds. The van der Waals surface area contributed by atoms with Crippen molar-refractivity contribution in [2.24, 2.45) is 0 Å². The zero-order valence-electron chi connectivity index (χ0n) is 17.8. The molecule has 2 N–H and O–H groups in total. The monoisotopic (exact) mass is 434 g/mol. The van der Waals surface area contributed by atoms with E-state index >= 15 is 0 Å². The van der Waals surface area contributed by atoms with Gasteiger partial charge in [-0.1, -0.05) is 18.2 Å². The average Bonchev–Trinajstić information content (AvgIpc) is 3.29. The number of nitrogens with one attached hydrogen (secondary N) is 2. The van der Waals surface area contributed by atoms with Crippen molar-refractivity contribution in [2.75, 3.05) is 26.0 Å². The summed E-state index contributed by atoms with van der Waals surface area (Å²) in [4.78, 5) is 52.3. The Morgan fingerprint density at radius 2 is 1.78 bits per heavy atom. The Hall–Kier alpha value is -4.14. The van der Waals surface area contributed by atoms with Crippen LogP contribution in [0.5, 0.6) is 0 Å². The molecule has 0 radical (unpaired) electrons. The molecule has 1 fully saturated rings. The lowest BCUT2D eigenvalue weighted by Gasteiger charge is -2.19. The van der Waals surface area contributed by atoms with Crippen LogP contribution in [0.3, 0.4) is 0 Å². The molecule has 0 unspecified atom stereocenters. The Morgan fingerprint density at radius 3 is 2.44 bits per heavy atom. The van der Waals surface area contributed by atoms with Crippen LogP contribution in [0.1, 0.15) is 23.0 Å². The first-order valence-corrected chi connectivity index (χ1v) is 9.94. The summed E-state index contributed by atoms with van der Waals surface area (Å²) in [7, 11) is 3.30. The molecule has 1 aliphatic rings. The molecular weight excluding hydrogens is 412 g/mol. The fourth-order valence-corrected chi connectivity index (χ4v) is 3.53. The largest absolute Gasteiger partial charge is 0.458 e. The third kappa shape index (κ3) is 3.68. The van der Waals surface area contributed by atoms with E-state index in [2.05, 4.69) is 10.6 Å². The number of para-hydroxylation sites is 1.